The van der Waals surface area contributed by atoms with Crippen molar-refractivity contribution in [2.24, 2.45) is 0 Å². The number of aliphatic hydroxyl groups excluding tert-OH is 1. The molecule has 1 unspecified atom stereocenters. The summed E-state index contributed by atoms with van der Waals surface area (Å²) in [6.07, 6.45) is 6.39. The maximum Gasteiger partial charge on any atom is 0.0582 e. The molecule has 1 saturated carbocycles. The lowest BCUT2D eigenvalue weighted by Gasteiger charge is -2.45. The van der Waals surface area contributed by atoms with Gasteiger partial charge < -0.3 is 5.11 Å². The van der Waals surface area contributed by atoms with E-state index in [1.807, 2.05) is 11.9 Å². The third-order valence-electron chi connectivity index (χ3n) is 5.76. The molecule has 1 heterocycles. The van der Waals surface area contributed by atoms with Crippen molar-refractivity contribution in [3.05, 3.63) is 35.4 Å². The zero-order chi connectivity index (χ0) is 17.1. The van der Waals surface area contributed by atoms with Crippen LogP contribution in [0.4, 0.5) is 0 Å². The molecule has 134 valence electrons. The van der Waals surface area contributed by atoms with Crippen molar-refractivity contribution in [3.63, 3.8) is 0 Å². The summed E-state index contributed by atoms with van der Waals surface area (Å²) in [5.41, 5.74) is 2.99. The highest BCUT2D eigenvalue weighted by Gasteiger charge is 2.34. The lowest BCUT2D eigenvalue weighted by Crippen LogP contribution is -2.51. The Morgan fingerprint density at radius 1 is 1.08 bits per heavy atom. The Bertz CT molecular complexity index is 528. The minimum atomic E-state index is -0.0637. The van der Waals surface area contributed by atoms with Gasteiger partial charge in [0.15, 0.2) is 0 Å². The predicted molar refractivity (Wildman–Crippen MR) is 103 cm³/mol. The maximum absolute atomic E-state index is 9.80. The van der Waals surface area contributed by atoms with Gasteiger partial charge in [-0.05, 0) is 49.0 Å². The second kappa shape index (κ2) is 8.22. The highest BCUT2D eigenvalue weighted by atomic mass is 32.2. The summed E-state index contributed by atoms with van der Waals surface area (Å²) in [6, 6.07) is 10.1. The van der Waals surface area contributed by atoms with Gasteiger partial charge in [-0.1, -0.05) is 50.1 Å². The van der Waals surface area contributed by atoms with E-state index in [-0.39, 0.29) is 6.10 Å². The number of aliphatic hydroxyl groups is 1. The molecule has 0 bridgehead atoms. The molecule has 0 radical (unpaired) electrons. The topological polar surface area (TPSA) is 26.7 Å². The zero-order valence-corrected chi connectivity index (χ0v) is 16.1. The van der Waals surface area contributed by atoms with Crippen molar-refractivity contribution in [2.75, 3.05) is 25.9 Å². The first-order valence-electron chi connectivity index (χ1n) is 9.41. The molecule has 1 aromatic rings. The minimum absolute atomic E-state index is 0.0637. The van der Waals surface area contributed by atoms with E-state index in [1.54, 1.807) is 0 Å². The van der Waals surface area contributed by atoms with E-state index in [1.165, 1.54) is 11.1 Å². The summed E-state index contributed by atoms with van der Waals surface area (Å²) in [7, 11) is 0. The average molecular weight is 349 g/mol. The second-order valence-corrected chi connectivity index (χ2v) is 8.41. The molecule has 1 N–H and O–H groups in total. The molecule has 3 rings (SSSR count). The highest BCUT2D eigenvalue weighted by Crippen LogP contribution is 2.36. The number of benzene rings is 1. The van der Waals surface area contributed by atoms with Crippen LogP contribution < -0.4 is 0 Å². The number of hydrogen-bond acceptors (Lipinski definition) is 4. The Hall–Kier alpha value is -0.550. The fourth-order valence-electron chi connectivity index (χ4n) is 4.35. The van der Waals surface area contributed by atoms with Gasteiger partial charge in [-0.3, -0.25) is 4.90 Å². The van der Waals surface area contributed by atoms with Gasteiger partial charge in [0, 0.05) is 25.7 Å². The molecular formula is C20H32N2OS. The van der Waals surface area contributed by atoms with E-state index in [9.17, 15) is 5.11 Å². The summed E-state index contributed by atoms with van der Waals surface area (Å²) in [5.74, 6) is 0.560. The SMILES string of the molecule is CSN1CCN(C2CCC(O)CC2)CC1c1ccccc1C(C)C. The smallest absolute Gasteiger partial charge is 0.0582 e. The maximum atomic E-state index is 9.80. The van der Waals surface area contributed by atoms with Gasteiger partial charge in [0.25, 0.3) is 0 Å². The van der Waals surface area contributed by atoms with Crippen molar-refractivity contribution < 1.29 is 5.11 Å². The fourth-order valence-corrected chi connectivity index (χ4v) is 5.05. The van der Waals surface area contributed by atoms with Crippen molar-refractivity contribution in [3.8, 4) is 0 Å². The molecule has 0 aromatic heterocycles. The molecule has 0 amide bonds. The Labute approximate surface area is 151 Å². The molecule has 0 spiro atoms. The van der Waals surface area contributed by atoms with Crippen LogP contribution >= 0.6 is 11.9 Å². The Morgan fingerprint density at radius 2 is 1.79 bits per heavy atom. The lowest BCUT2D eigenvalue weighted by molar-refractivity contribution is 0.0439. The van der Waals surface area contributed by atoms with Crippen LogP contribution in [0.2, 0.25) is 0 Å². The minimum Gasteiger partial charge on any atom is -0.393 e. The Kier molecular flexibility index (Phi) is 6.25. The Morgan fingerprint density at radius 3 is 2.46 bits per heavy atom. The van der Waals surface area contributed by atoms with Crippen LogP contribution in [0.3, 0.4) is 0 Å². The van der Waals surface area contributed by atoms with Crippen LogP contribution in [0.5, 0.6) is 0 Å². The van der Waals surface area contributed by atoms with Crippen molar-refractivity contribution in [1.29, 1.82) is 0 Å². The number of piperazine rings is 1. The van der Waals surface area contributed by atoms with Gasteiger partial charge in [-0.2, -0.15) is 0 Å². The molecule has 1 aliphatic carbocycles. The summed E-state index contributed by atoms with van der Waals surface area (Å²) >= 11 is 1.88. The van der Waals surface area contributed by atoms with E-state index in [4.69, 9.17) is 0 Å². The van der Waals surface area contributed by atoms with Crippen molar-refractivity contribution in [2.45, 2.75) is 63.6 Å². The van der Waals surface area contributed by atoms with E-state index in [0.717, 1.165) is 45.3 Å². The molecule has 1 atom stereocenters. The molecule has 3 nitrogen and oxygen atoms in total. The van der Waals surface area contributed by atoms with Crippen LogP contribution in [0.25, 0.3) is 0 Å². The van der Waals surface area contributed by atoms with Gasteiger partial charge in [0.05, 0.1) is 12.1 Å². The third kappa shape index (κ3) is 3.98. The van der Waals surface area contributed by atoms with E-state index in [0.29, 0.717) is 18.0 Å². The van der Waals surface area contributed by atoms with Crippen LogP contribution in [0.15, 0.2) is 24.3 Å². The molecule has 2 aliphatic rings. The first-order chi connectivity index (χ1) is 11.6. The molecule has 2 fully saturated rings. The van der Waals surface area contributed by atoms with Gasteiger partial charge in [-0.25, -0.2) is 4.31 Å². The number of nitrogens with zero attached hydrogens (tertiary/aromatic N) is 2. The molecule has 1 saturated heterocycles. The number of rotatable bonds is 4. The fraction of sp³-hybridized carbons (Fsp3) is 0.700. The van der Waals surface area contributed by atoms with E-state index < -0.39 is 0 Å². The van der Waals surface area contributed by atoms with Gasteiger partial charge in [0.1, 0.15) is 0 Å². The van der Waals surface area contributed by atoms with Crippen LogP contribution in [0.1, 0.15) is 62.6 Å². The molecular weight excluding hydrogens is 316 g/mol. The van der Waals surface area contributed by atoms with Crippen LogP contribution in [0, 0.1) is 0 Å². The summed E-state index contributed by atoms with van der Waals surface area (Å²) in [6.45, 7) is 7.99. The normalized spacial score (nSPS) is 30.0. The molecule has 1 aromatic carbocycles. The van der Waals surface area contributed by atoms with E-state index in [2.05, 4.69) is 53.6 Å². The summed E-state index contributed by atoms with van der Waals surface area (Å²) in [4.78, 5) is 2.69. The van der Waals surface area contributed by atoms with Crippen molar-refractivity contribution >= 4 is 11.9 Å². The van der Waals surface area contributed by atoms with Crippen molar-refractivity contribution in [1.82, 2.24) is 9.21 Å². The zero-order valence-electron chi connectivity index (χ0n) is 15.3. The second-order valence-electron chi connectivity index (χ2n) is 7.58. The summed E-state index contributed by atoms with van der Waals surface area (Å²) in [5, 5.41) is 9.80. The highest BCUT2D eigenvalue weighted by molar-refractivity contribution is 7.96. The van der Waals surface area contributed by atoms with Crippen LogP contribution in [-0.2, 0) is 0 Å². The average Bonchev–Trinajstić information content (AvgIpc) is 2.62. The standard InChI is InChI=1S/C20H32N2OS/c1-15(2)18-6-4-5-7-19(18)20-14-21(12-13-22(20)24-3)16-8-10-17(23)11-9-16/h4-7,15-17,20,23H,8-14H2,1-3H3. The largest absolute Gasteiger partial charge is 0.393 e. The first kappa shape index (κ1) is 18.2. The lowest BCUT2D eigenvalue weighted by atomic mass is 9.89. The van der Waals surface area contributed by atoms with Crippen LogP contribution in [-0.4, -0.2) is 52.3 Å². The third-order valence-corrected chi connectivity index (χ3v) is 6.66. The van der Waals surface area contributed by atoms with Gasteiger partial charge in [0.2, 0.25) is 0 Å². The number of hydrogen-bond donors (Lipinski definition) is 1. The monoisotopic (exact) mass is 348 g/mol. The molecule has 24 heavy (non-hydrogen) atoms. The molecule has 4 heteroatoms. The van der Waals surface area contributed by atoms with Gasteiger partial charge >= 0.3 is 0 Å². The predicted octanol–water partition coefficient (Wildman–Crippen LogP) is 4.05. The Balaban J connectivity index is 1.79. The molecule has 1 aliphatic heterocycles. The summed E-state index contributed by atoms with van der Waals surface area (Å²) < 4.78 is 2.56. The first-order valence-corrected chi connectivity index (χ1v) is 10.6. The van der Waals surface area contributed by atoms with Gasteiger partial charge in [-0.15, -0.1) is 0 Å². The van der Waals surface area contributed by atoms with E-state index >= 15 is 0 Å². The quantitative estimate of drug-likeness (QED) is 0.831.